The zero-order valence-corrected chi connectivity index (χ0v) is 9.98. The van der Waals surface area contributed by atoms with Crippen LogP contribution in [0.15, 0.2) is 24.4 Å². The summed E-state index contributed by atoms with van der Waals surface area (Å²) in [5.41, 5.74) is 1.88. The van der Waals surface area contributed by atoms with Crippen LogP contribution in [0.25, 0.3) is 10.9 Å². The van der Waals surface area contributed by atoms with Crippen LogP contribution in [-0.4, -0.2) is 10.9 Å². The molecule has 2 nitrogen and oxygen atoms in total. The van der Waals surface area contributed by atoms with Gasteiger partial charge in [-0.05, 0) is 35.6 Å². The Morgan fingerprint density at radius 2 is 2.29 bits per heavy atom. The SMILES string of the molecule is CCn1cc(I)c2ccc(C=O)cc21. The second-order valence-electron chi connectivity index (χ2n) is 3.16. The van der Waals surface area contributed by atoms with Crippen LogP contribution >= 0.6 is 22.6 Å². The summed E-state index contributed by atoms with van der Waals surface area (Å²) in [6, 6.07) is 5.80. The lowest BCUT2D eigenvalue weighted by molar-refractivity contribution is 0.112. The number of aryl methyl sites for hydroxylation is 1. The summed E-state index contributed by atoms with van der Waals surface area (Å²) in [5.74, 6) is 0. The maximum atomic E-state index is 10.6. The number of hydrogen-bond acceptors (Lipinski definition) is 1. The van der Waals surface area contributed by atoms with E-state index in [-0.39, 0.29) is 0 Å². The number of halogens is 1. The minimum Gasteiger partial charge on any atom is -0.347 e. The van der Waals surface area contributed by atoms with Gasteiger partial charge in [-0.15, -0.1) is 0 Å². The molecule has 2 aromatic rings. The van der Waals surface area contributed by atoms with Gasteiger partial charge < -0.3 is 4.57 Å². The summed E-state index contributed by atoms with van der Waals surface area (Å²) < 4.78 is 3.39. The Morgan fingerprint density at radius 1 is 1.50 bits per heavy atom. The molecule has 1 aromatic carbocycles. The van der Waals surface area contributed by atoms with Gasteiger partial charge in [-0.1, -0.05) is 12.1 Å². The van der Waals surface area contributed by atoms with Crippen molar-refractivity contribution in [1.29, 1.82) is 0 Å². The highest BCUT2D eigenvalue weighted by Crippen LogP contribution is 2.23. The molecule has 0 spiro atoms. The smallest absolute Gasteiger partial charge is 0.150 e. The monoisotopic (exact) mass is 299 g/mol. The molecule has 0 amide bonds. The van der Waals surface area contributed by atoms with Gasteiger partial charge in [0.05, 0.1) is 0 Å². The van der Waals surface area contributed by atoms with Crippen LogP contribution in [-0.2, 0) is 6.54 Å². The van der Waals surface area contributed by atoms with Crippen molar-refractivity contribution in [3.05, 3.63) is 33.5 Å². The quantitative estimate of drug-likeness (QED) is 0.617. The lowest BCUT2D eigenvalue weighted by Gasteiger charge is -1.99. The number of fused-ring (bicyclic) bond motifs is 1. The average Bonchev–Trinajstić information content (AvgIpc) is 2.55. The van der Waals surface area contributed by atoms with Crippen LogP contribution in [0.5, 0.6) is 0 Å². The molecule has 0 saturated heterocycles. The Bertz CT molecular complexity index is 487. The van der Waals surface area contributed by atoms with E-state index in [4.69, 9.17) is 0 Å². The minimum atomic E-state index is 0.738. The van der Waals surface area contributed by atoms with Gasteiger partial charge in [-0.25, -0.2) is 0 Å². The number of carbonyl (C=O) groups is 1. The highest BCUT2D eigenvalue weighted by atomic mass is 127. The third-order valence-electron chi connectivity index (χ3n) is 2.33. The minimum absolute atomic E-state index is 0.738. The van der Waals surface area contributed by atoms with E-state index in [1.165, 1.54) is 8.96 Å². The van der Waals surface area contributed by atoms with Gasteiger partial charge in [-0.2, -0.15) is 0 Å². The highest BCUT2D eigenvalue weighted by molar-refractivity contribution is 14.1. The Balaban J connectivity index is 2.77. The van der Waals surface area contributed by atoms with Crippen LogP contribution in [0.3, 0.4) is 0 Å². The summed E-state index contributed by atoms with van der Waals surface area (Å²) >= 11 is 2.32. The first-order valence-corrected chi connectivity index (χ1v) is 5.57. The van der Waals surface area contributed by atoms with E-state index in [1.807, 2.05) is 18.2 Å². The highest BCUT2D eigenvalue weighted by Gasteiger charge is 2.05. The van der Waals surface area contributed by atoms with Crippen molar-refractivity contribution in [3.63, 3.8) is 0 Å². The summed E-state index contributed by atoms with van der Waals surface area (Å²) in [6.45, 7) is 3.03. The number of aromatic nitrogens is 1. The van der Waals surface area contributed by atoms with Crippen LogP contribution in [0.4, 0.5) is 0 Å². The molecule has 0 N–H and O–H groups in total. The fourth-order valence-electron chi connectivity index (χ4n) is 1.60. The normalized spacial score (nSPS) is 10.7. The van der Waals surface area contributed by atoms with Crippen LogP contribution < -0.4 is 0 Å². The topological polar surface area (TPSA) is 22.0 Å². The standard InChI is InChI=1S/C11H10INO/c1-2-13-6-10(12)9-4-3-8(7-14)5-11(9)13/h3-7H,2H2,1H3. The molecule has 1 heterocycles. The van der Waals surface area contributed by atoms with Gasteiger partial charge in [0.15, 0.2) is 0 Å². The van der Waals surface area contributed by atoms with E-state index >= 15 is 0 Å². The molecule has 0 radical (unpaired) electrons. The van der Waals surface area contributed by atoms with Crippen LogP contribution in [0, 0.1) is 3.57 Å². The molecular weight excluding hydrogens is 289 g/mol. The summed E-state index contributed by atoms with van der Waals surface area (Å²) in [5, 5.41) is 1.22. The van der Waals surface area contributed by atoms with E-state index < -0.39 is 0 Å². The average molecular weight is 299 g/mol. The number of aldehydes is 1. The number of carbonyl (C=O) groups excluding carboxylic acids is 1. The lowest BCUT2D eigenvalue weighted by atomic mass is 10.2. The summed E-state index contributed by atoms with van der Waals surface area (Å²) in [6.07, 6.45) is 3.00. The molecule has 14 heavy (non-hydrogen) atoms. The Morgan fingerprint density at radius 3 is 2.93 bits per heavy atom. The Labute approximate surface area is 96.1 Å². The molecule has 0 saturated carbocycles. The first-order chi connectivity index (χ1) is 6.76. The predicted octanol–water partition coefficient (Wildman–Crippen LogP) is 3.08. The predicted molar refractivity (Wildman–Crippen MR) is 65.7 cm³/mol. The summed E-state index contributed by atoms with van der Waals surface area (Å²) in [7, 11) is 0. The van der Waals surface area contributed by atoms with Crippen molar-refractivity contribution in [2.75, 3.05) is 0 Å². The number of hydrogen-bond donors (Lipinski definition) is 0. The molecule has 0 unspecified atom stereocenters. The van der Waals surface area contributed by atoms with Gasteiger partial charge in [0.25, 0.3) is 0 Å². The molecule has 0 atom stereocenters. The van der Waals surface area contributed by atoms with Gasteiger partial charge in [0, 0.05) is 32.8 Å². The number of benzene rings is 1. The van der Waals surface area contributed by atoms with Crippen molar-refractivity contribution in [1.82, 2.24) is 4.57 Å². The third kappa shape index (κ3) is 1.45. The van der Waals surface area contributed by atoms with E-state index in [2.05, 4.69) is 40.3 Å². The van der Waals surface area contributed by atoms with Crippen LogP contribution in [0.1, 0.15) is 17.3 Å². The van der Waals surface area contributed by atoms with Crippen molar-refractivity contribution >= 4 is 39.8 Å². The van der Waals surface area contributed by atoms with Crippen molar-refractivity contribution in [2.45, 2.75) is 13.5 Å². The largest absolute Gasteiger partial charge is 0.347 e. The Kier molecular flexibility index (Phi) is 2.58. The molecule has 2 rings (SSSR count). The maximum Gasteiger partial charge on any atom is 0.150 e. The molecule has 0 aliphatic heterocycles. The molecule has 3 heteroatoms. The molecule has 1 aromatic heterocycles. The van der Waals surface area contributed by atoms with E-state index in [0.29, 0.717) is 0 Å². The fourth-order valence-corrected chi connectivity index (χ4v) is 2.39. The zero-order chi connectivity index (χ0) is 10.1. The lowest BCUT2D eigenvalue weighted by Crippen LogP contribution is -1.91. The molecule has 0 aliphatic carbocycles. The zero-order valence-electron chi connectivity index (χ0n) is 7.83. The second-order valence-corrected chi connectivity index (χ2v) is 4.32. The van der Waals surface area contributed by atoms with Gasteiger partial charge in [0.1, 0.15) is 6.29 Å². The van der Waals surface area contributed by atoms with E-state index in [1.54, 1.807) is 0 Å². The van der Waals surface area contributed by atoms with E-state index in [0.717, 1.165) is 23.9 Å². The van der Waals surface area contributed by atoms with Crippen molar-refractivity contribution in [2.24, 2.45) is 0 Å². The molecular formula is C11H10INO. The summed E-state index contributed by atoms with van der Waals surface area (Å²) in [4.78, 5) is 10.6. The number of rotatable bonds is 2. The van der Waals surface area contributed by atoms with Gasteiger partial charge in [0.2, 0.25) is 0 Å². The molecule has 0 fully saturated rings. The molecule has 0 bridgehead atoms. The van der Waals surface area contributed by atoms with Crippen LogP contribution in [0.2, 0.25) is 0 Å². The number of nitrogens with zero attached hydrogens (tertiary/aromatic N) is 1. The fraction of sp³-hybridized carbons (Fsp3) is 0.182. The maximum absolute atomic E-state index is 10.6. The van der Waals surface area contributed by atoms with Gasteiger partial charge >= 0.3 is 0 Å². The van der Waals surface area contributed by atoms with Crippen molar-refractivity contribution < 1.29 is 4.79 Å². The van der Waals surface area contributed by atoms with Crippen molar-refractivity contribution in [3.8, 4) is 0 Å². The first kappa shape index (κ1) is 9.71. The molecule has 0 aliphatic rings. The Hall–Kier alpha value is -0.840. The van der Waals surface area contributed by atoms with E-state index in [9.17, 15) is 4.79 Å². The third-order valence-corrected chi connectivity index (χ3v) is 3.19. The second kappa shape index (κ2) is 3.73. The first-order valence-electron chi connectivity index (χ1n) is 4.50. The molecule has 72 valence electrons. The van der Waals surface area contributed by atoms with Gasteiger partial charge in [-0.3, -0.25) is 4.79 Å².